The van der Waals surface area contributed by atoms with Crippen molar-refractivity contribution >= 4 is 29.9 Å². The number of hydrogen-bond acceptors (Lipinski definition) is 3. The minimum Gasteiger partial charge on any atom is -0.497 e. The number of halogens is 1. The second-order valence-corrected chi connectivity index (χ2v) is 5.84. The monoisotopic (exact) mass is 486 g/mol. The second-order valence-electron chi connectivity index (χ2n) is 5.84. The molecular weight excluding hydrogens is 455 g/mol. The molecule has 0 amide bonds. The van der Waals surface area contributed by atoms with Crippen molar-refractivity contribution in [2.75, 3.05) is 33.4 Å². The average molecular weight is 486 g/mol. The Bertz CT molecular complexity index is 630. The predicted octanol–water partition coefficient (Wildman–Crippen LogP) is 3.28. The zero-order chi connectivity index (χ0) is 18.5. The molecule has 0 unspecified atom stereocenters. The van der Waals surface area contributed by atoms with Crippen LogP contribution >= 0.6 is 24.0 Å². The van der Waals surface area contributed by atoms with E-state index in [2.05, 4.69) is 32.6 Å². The van der Waals surface area contributed by atoms with Crippen molar-refractivity contribution in [3.63, 3.8) is 0 Å². The highest BCUT2D eigenvalue weighted by Gasteiger charge is 2.00. The average Bonchev–Trinajstić information content (AvgIpc) is 3.19. The summed E-state index contributed by atoms with van der Waals surface area (Å²) in [6.45, 7) is 6.69. The van der Waals surface area contributed by atoms with Crippen LogP contribution in [-0.4, -0.2) is 43.9 Å². The molecule has 1 aromatic carbocycles. The van der Waals surface area contributed by atoms with Crippen LogP contribution in [0.4, 0.5) is 0 Å². The molecule has 2 N–H and O–H groups in total. The molecule has 0 saturated carbocycles. The lowest BCUT2D eigenvalue weighted by molar-refractivity contribution is 0.145. The van der Waals surface area contributed by atoms with E-state index in [1.807, 2.05) is 43.3 Å². The molecule has 2 aromatic rings. The first kappa shape index (κ1) is 23.3. The van der Waals surface area contributed by atoms with Gasteiger partial charge in [-0.3, -0.25) is 0 Å². The van der Waals surface area contributed by atoms with Gasteiger partial charge in [-0.15, -0.1) is 24.0 Å². The first-order valence-electron chi connectivity index (χ1n) is 9.15. The Morgan fingerprint density at radius 3 is 2.44 bits per heavy atom. The van der Waals surface area contributed by atoms with Gasteiger partial charge in [0, 0.05) is 45.2 Å². The van der Waals surface area contributed by atoms with Crippen molar-refractivity contribution in [3.05, 3.63) is 54.4 Å². The van der Waals surface area contributed by atoms with Crippen LogP contribution < -0.4 is 15.4 Å². The van der Waals surface area contributed by atoms with Gasteiger partial charge in [-0.05, 0) is 43.2 Å². The smallest absolute Gasteiger partial charge is 0.191 e. The number of methoxy groups -OCH3 is 1. The highest BCUT2D eigenvalue weighted by molar-refractivity contribution is 14.0. The van der Waals surface area contributed by atoms with E-state index in [4.69, 9.17) is 9.47 Å². The standard InChI is InChI=1S/C20H30N4O2.HI/c1-3-26-16-6-11-21-20(22-12-15-24-13-4-5-14-24)23-17-18-7-9-19(25-2)10-8-18;/h4-5,7-10,13-14H,3,6,11-12,15-17H2,1-2H3,(H2,21,22,23);1H. The highest BCUT2D eigenvalue weighted by atomic mass is 127. The fourth-order valence-electron chi connectivity index (χ4n) is 2.42. The summed E-state index contributed by atoms with van der Waals surface area (Å²) in [7, 11) is 1.67. The van der Waals surface area contributed by atoms with Crippen LogP contribution in [0.15, 0.2) is 53.8 Å². The van der Waals surface area contributed by atoms with Crippen molar-refractivity contribution in [3.8, 4) is 5.75 Å². The molecule has 0 spiro atoms. The van der Waals surface area contributed by atoms with E-state index in [0.29, 0.717) is 6.54 Å². The Hall–Kier alpha value is -1.74. The summed E-state index contributed by atoms with van der Waals surface area (Å²) in [5, 5.41) is 6.77. The molecule has 27 heavy (non-hydrogen) atoms. The van der Waals surface area contributed by atoms with E-state index in [1.54, 1.807) is 7.11 Å². The molecule has 0 aliphatic heterocycles. The van der Waals surface area contributed by atoms with E-state index in [-0.39, 0.29) is 24.0 Å². The van der Waals surface area contributed by atoms with Crippen LogP contribution in [0.5, 0.6) is 5.75 Å². The summed E-state index contributed by atoms with van der Waals surface area (Å²) >= 11 is 0. The molecule has 0 aliphatic rings. The van der Waals surface area contributed by atoms with Gasteiger partial charge >= 0.3 is 0 Å². The van der Waals surface area contributed by atoms with Crippen LogP contribution in [0.2, 0.25) is 0 Å². The van der Waals surface area contributed by atoms with E-state index < -0.39 is 0 Å². The van der Waals surface area contributed by atoms with Gasteiger partial charge in [-0.2, -0.15) is 0 Å². The summed E-state index contributed by atoms with van der Waals surface area (Å²) < 4.78 is 12.7. The van der Waals surface area contributed by atoms with E-state index in [9.17, 15) is 0 Å². The molecule has 2 rings (SSSR count). The van der Waals surface area contributed by atoms with Crippen molar-refractivity contribution in [1.82, 2.24) is 15.2 Å². The molecule has 7 heteroatoms. The minimum atomic E-state index is 0. The van der Waals surface area contributed by atoms with Crippen LogP contribution in [0.25, 0.3) is 0 Å². The van der Waals surface area contributed by atoms with Gasteiger partial charge < -0.3 is 24.7 Å². The summed E-state index contributed by atoms with van der Waals surface area (Å²) in [6, 6.07) is 12.1. The summed E-state index contributed by atoms with van der Waals surface area (Å²) in [4.78, 5) is 4.69. The number of aliphatic imine (C=N–C) groups is 1. The SMILES string of the molecule is CCOCCCNC(=NCc1ccc(OC)cc1)NCCn1cccc1.I. The molecule has 1 heterocycles. The molecule has 0 bridgehead atoms. The van der Waals surface area contributed by atoms with Gasteiger partial charge in [0.05, 0.1) is 13.7 Å². The van der Waals surface area contributed by atoms with Crippen molar-refractivity contribution in [1.29, 1.82) is 0 Å². The Kier molecular flexibility index (Phi) is 12.4. The molecule has 0 atom stereocenters. The summed E-state index contributed by atoms with van der Waals surface area (Å²) in [5.74, 6) is 1.68. The molecule has 0 saturated heterocycles. The lowest BCUT2D eigenvalue weighted by Gasteiger charge is -2.13. The minimum absolute atomic E-state index is 0. The fourth-order valence-corrected chi connectivity index (χ4v) is 2.42. The Balaban J connectivity index is 0.00000364. The van der Waals surface area contributed by atoms with Crippen LogP contribution in [0.1, 0.15) is 18.9 Å². The van der Waals surface area contributed by atoms with Gasteiger partial charge in [0.25, 0.3) is 0 Å². The maximum absolute atomic E-state index is 5.38. The normalized spacial score (nSPS) is 11.0. The van der Waals surface area contributed by atoms with Gasteiger partial charge in [0.1, 0.15) is 5.75 Å². The number of rotatable bonds is 11. The van der Waals surface area contributed by atoms with E-state index in [0.717, 1.165) is 56.5 Å². The van der Waals surface area contributed by atoms with E-state index in [1.165, 1.54) is 0 Å². The third-order valence-corrected chi connectivity index (χ3v) is 3.87. The first-order valence-corrected chi connectivity index (χ1v) is 9.15. The number of nitrogens with zero attached hydrogens (tertiary/aromatic N) is 2. The van der Waals surface area contributed by atoms with Crippen molar-refractivity contribution in [2.45, 2.75) is 26.4 Å². The second kappa shape index (κ2) is 14.3. The third-order valence-electron chi connectivity index (χ3n) is 3.87. The van der Waals surface area contributed by atoms with Gasteiger partial charge in [-0.25, -0.2) is 4.99 Å². The number of benzene rings is 1. The lowest BCUT2D eigenvalue weighted by Crippen LogP contribution is -2.39. The molecule has 1 aromatic heterocycles. The van der Waals surface area contributed by atoms with Crippen LogP contribution in [-0.2, 0) is 17.8 Å². The maximum atomic E-state index is 5.38. The molecule has 6 nitrogen and oxygen atoms in total. The number of hydrogen-bond donors (Lipinski definition) is 2. The summed E-state index contributed by atoms with van der Waals surface area (Å²) in [6.07, 6.45) is 5.07. The quantitative estimate of drug-likeness (QED) is 0.222. The Morgan fingerprint density at radius 1 is 1.07 bits per heavy atom. The largest absolute Gasteiger partial charge is 0.497 e. The molecular formula is C20H31IN4O2. The number of nitrogens with one attached hydrogen (secondary N) is 2. The lowest BCUT2D eigenvalue weighted by atomic mass is 10.2. The number of ether oxygens (including phenoxy) is 2. The molecule has 0 aliphatic carbocycles. The Morgan fingerprint density at radius 2 is 1.78 bits per heavy atom. The predicted molar refractivity (Wildman–Crippen MR) is 121 cm³/mol. The highest BCUT2D eigenvalue weighted by Crippen LogP contribution is 2.11. The first-order chi connectivity index (χ1) is 12.8. The zero-order valence-corrected chi connectivity index (χ0v) is 18.5. The molecule has 0 fully saturated rings. The maximum Gasteiger partial charge on any atom is 0.191 e. The molecule has 150 valence electrons. The summed E-state index contributed by atoms with van der Waals surface area (Å²) in [5.41, 5.74) is 1.15. The van der Waals surface area contributed by atoms with E-state index >= 15 is 0 Å². The zero-order valence-electron chi connectivity index (χ0n) is 16.2. The van der Waals surface area contributed by atoms with Gasteiger partial charge in [-0.1, -0.05) is 12.1 Å². The number of guanidine groups is 1. The molecule has 0 radical (unpaired) electrons. The van der Waals surface area contributed by atoms with Gasteiger partial charge in [0.2, 0.25) is 0 Å². The van der Waals surface area contributed by atoms with Crippen molar-refractivity contribution in [2.24, 2.45) is 4.99 Å². The van der Waals surface area contributed by atoms with Crippen LogP contribution in [0, 0.1) is 0 Å². The van der Waals surface area contributed by atoms with Crippen molar-refractivity contribution < 1.29 is 9.47 Å². The Labute approximate surface area is 179 Å². The topological polar surface area (TPSA) is 59.8 Å². The fraction of sp³-hybridized carbons (Fsp3) is 0.450. The van der Waals surface area contributed by atoms with Gasteiger partial charge in [0.15, 0.2) is 5.96 Å². The third kappa shape index (κ3) is 9.67. The van der Waals surface area contributed by atoms with Crippen LogP contribution in [0.3, 0.4) is 0 Å². The number of aromatic nitrogens is 1.